The largest absolute Gasteiger partial charge is 0.484 e. The highest BCUT2D eigenvalue weighted by molar-refractivity contribution is 6.09. The molecule has 0 saturated carbocycles. The van der Waals surface area contributed by atoms with Crippen molar-refractivity contribution in [2.24, 2.45) is 0 Å². The van der Waals surface area contributed by atoms with Crippen molar-refractivity contribution in [3.63, 3.8) is 0 Å². The molecule has 0 radical (unpaired) electrons. The molecule has 6 nitrogen and oxygen atoms in total. The molecular weight excluding hydrogens is 471 g/mol. The summed E-state index contributed by atoms with van der Waals surface area (Å²) in [5.41, 5.74) is 1.83. The Morgan fingerprint density at radius 2 is 1.72 bits per heavy atom. The van der Waals surface area contributed by atoms with Crippen LogP contribution in [-0.4, -0.2) is 18.4 Å². The molecule has 0 fully saturated rings. The molecule has 0 heterocycles. The number of carbonyl (C=O) groups excluding carboxylic acids is 2. The number of hydrogen-bond acceptors (Lipinski definition) is 4. The van der Waals surface area contributed by atoms with Crippen LogP contribution in [0.15, 0.2) is 72.3 Å². The van der Waals surface area contributed by atoms with Gasteiger partial charge in [-0.1, -0.05) is 30.3 Å². The van der Waals surface area contributed by atoms with E-state index < -0.39 is 17.6 Å². The van der Waals surface area contributed by atoms with Gasteiger partial charge in [0.05, 0.1) is 5.56 Å². The zero-order valence-corrected chi connectivity index (χ0v) is 19.4. The number of ether oxygens (including phenoxy) is 1. The van der Waals surface area contributed by atoms with Crippen LogP contribution in [0, 0.1) is 25.2 Å². The van der Waals surface area contributed by atoms with Gasteiger partial charge in [-0.15, -0.1) is 0 Å². The number of amides is 2. The molecule has 36 heavy (non-hydrogen) atoms. The van der Waals surface area contributed by atoms with E-state index in [0.717, 1.165) is 29.3 Å². The quantitative estimate of drug-likeness (QED) is 0.317. The van der Waals surface area contributed by atoms with E-state index in [4.69, 9.17) is 4.74 Å². The van der Waals surface area contributed by atoms with Gasteiger partial charge in [0, 0.05) is 11.4 Å². The monoisotopic (exact) mass is 493 g/mol. The second-order valence-corrected chi connectivity index (χ2v) is 7.93. The van der Waals surface area contributed by atoms with Crippen LogP contribution in [0.2, 0.25) is 0 Å². The summed E-state index contributed by atoms with van der Waals surface area (Å²) in [6, 6.07) is 17.9. The molecule has 0 saturated heterocycles. The standard InChI is InChI=1S/C27H22F3N3O3/c1-17-6-7-18(2)24(12-17)33-25(34)16-36-23-10-8-19(9-11-23)13-20(15-31)26(35)32-22-5-3-4-21(14-22)27(28,29)30/h3-14H,16H2,1-2H3,(H,32,35)(H,33,34)/b20-13+. The van der Waals surface area contributed by atoms with E-state index in [9.17, 15) is 28.0 Å². The Balaban J connectivity index is 1.60. The first-order valence-electron chi connectivity index (χ1n) is 10.8. The average Bonchev–Trinajstić information content (AvgIpc) is 2.84. The summed E-state index contributed by atoms with van der Waals surface area (Å²) in [7, 11) is 0. The number of nitriles is 1. The first kappa shape index (κ1) is 26.0. The molecule has 0 bridgehead atoms. The molecule has 0 aromatic heterocycles. The molecule has 184 valence electrons. The summed E-state index contributed by atoms with van der Waals surface area (Å²) in [5, 5.41) is 14.4. The molecule has 9 heteroatoms. The maximum Gasteiger partial charge on any atom is 0.416 e. The Morgan fingerprint density at radius 3 is 2.39 bits per heavy atom. The van der Waals surface area contributed by atoms with E-state index >= 15 is 0 Å². The van der Waals surface area contributed by atoms with Gasteiger partial charge in [-0.2, -0.15) is 18.4 Å². The third-order valence-corrected chi connectivity index (χ3v) is 5.04. The predicted octanol–water partition coefficient (Wildman–Crippen LogP) is 5.89. The molecule has 2 N–H and O–H groups in total. The van der Waals surface area contributed by atoms with Crippen molar-refractivity contribution in [2.45, 2.75) is 20.0 Å². The Hall–Kier alpha value is -4.58. The number of nitrogens with one attached hydrogen (secondary N) is 2. The summed E-state index contributed by atoms with van der Waals surface area (Å²) >= 11 is 0. The zero-order valence-electron chi connectivity index (χ0n) is 19.4. The first-order chi connectivity index (χ1) is 17.0. The van der Waals surface area contributed by atoms with Crippen LogP contribution in [0.5, 0.6) is 5.75 Å². The van der Waals surface area contributed by atoms with Crippen LogP contribution in [0.3, 0.4) is 0 Å². The highest BCUT2D eigenvalue weighted by atomic mass is 19.4. The minimum absolute atomic E-state index is 0.0844. The SMILES string of the molecule is Cc1ccc(C)c(NC(=O)COc2ccc(/C=C(\C#N)C(=O)Nc3cccc(C(F)(F)F)c3)cc2)c1. The summed E-state index contributed by atoms with van der Waals surface area (Å²) < 4.78 is 44.1. The second-order valence-electron chi connectivity index (χ2n) is 7.93. The smallest absolute Gasteiger partial charge is 0.416 e. The Kier molecular flexibility index (Phi) is 8.12. The molecule has 3 aromatic carbocycles. The van der Waals surface area contributed by atoms with Crippen LogP contribution < -0.4 is 15.4 Å². The highest BCUT2D eigenvalue weighted by Gasteiger charge is 2.30. The van der Waals surface area contributed by atoms with Crippen LogP contribution in [0.1, 0.15) is 22.3 Å². The summed E-state index contributed by atoms with van der Waals surface area (Å²) in [6.07, 6.45) is -3.27. The number of benzene rings is 3. The van der Waals surface area contributed by atoms with E-state index in [1.165, 1.54) is 12.1 Å². The van der Waals surface area contributed by atoms with Gasteiger partial charge >= 0.3 is 6.18 Å². The molecule has 3 aromatic rings. The molecule has 0 spiro atoms. The lowest BCUT2D eigenvalue weighted by atomic mass is 10.1. The normalized spacial score (nSPS) is 11.4. The molecule has 3 rings (SSSR count). The van der Waals surface area contributed by atoms with E-state index in [1.807, 2.05) is 32.0 Å². The van der Waals surface area contributed by atoms with E-state index in [2.05, 4.69) is 10.6 Å². The summed E-state index contributed by atoms with van der Waals surface area (Å²) in [4.78, 5) is 24.6. The number of aryl methyl sites for hydroxylation is 2. The molecule has 0 aliphatic carbocycles. The van der Waals surface area contributed by atoms with E-state index in [1.54, 1.807) is 30.3 Å². The summed E-state index contributed by atoms with van der Waals surface area (Å²) in [6.45, 7) is 3.59. The number of alkyl halides is 3. The number of halogens is 3. The third-order valence-electron chi connectivity index (χ3n) is 5.04. The van der Waals surface area contributed by atoms with Crippen LogP contribution in [0.4, 0.5) is 24.5 Å². The lowest BCUT2D eigenvalue weighted by Crippen LogP contribution is -2.20. The van der Waals surface area contributed by atoms with Gasteiger partial charge < -0.3 is 15.4 Å². The Labute approximate surface area is 206 Å². The number of hydrogen-bond donors (Lipinski definition) is 2. The van der Waals surface area contributed by atoms with E-state index in [-0.39, 0.29) is 23.8 Å². The van der Waals surface area contributed by atoms with Crippen molar-refractivity contribution < 1.29 is 27.5 Å². The molecule has 0 aliphatic heterocycles. The van der Waals surface area contributed by atoms with Gasteiger partial charge in [0.1, 0.15) is 17.4 Å². The maximum absolute atomic E-state index is 12.9. The van der Waals surface area contributed by atoms with E-state index in [0.29, 0.717) is 17.0 Å². The first-order valence-corrected chi connectivity index (χ1v) is 10.8. The average molecular weight is 493 g/mol. The maximum atomic E-state index is 12.9. The number of anilines is 2. The lowest BCUT2D eigenvalue weighted by molar-refractivity contribution is -0.137. The highest BCUT2D eigenvalue weighted by Crippen LogP contribution is 2.30. The van der Waals surface area contributed by atoms with Crippen molar-refractivity contribution in [1.82, 2.24) is 0 Å². The van der Waals surface area contributed by atoms with Gasteiger partial charge in [0.2, 0.25) is 0 Å². The Morgan fingerprint density at radius 1 is 1.00 bits per heavy atom. The fourth-order valence-corrected chi connectivity index (χ4v) is 3.15. The number of rotatable bonds is 7. The fraction of sp³-hybridized carbons (Fsp3) is 0.148. The van der Waals surface area contributed by atoms with Crippen molar-refractivity contribution in [3.8, 4) is 11.8 Å². The fourth-order valence-electron chi connectivity index (χ4n) is 3.15. The van der Waals surface area contributed by atoms with Crippen molar-refractivity contribution >= 4 is 29.3 Å². The van der Waals surface area contributed by atoms with Gasteiger partial charge in [-0.05, 0) is 73.0 Å². The van der Waals surface area contributed by atoms with Crippen LogP contribution >= 0.6 is 0 Å². The Bertz CT molecular complexity index is 1340. The van der Waals surface area contributed by atoms with Gasteiger partial charge in [0.15, 0.2) is 6.61 Å². The van der Waals surface area contributed by atoms with Crippen molar-refractivity contribution in [3.05, 3.63) is 94.6 Å². The minimum atomic E-state index is -4.56. The molecule has 0 atom stereocenters. The second kappa shape index (κ2) is 11.2. The van der Waals surface area contributed by atoms with Crippen LogP contribution in [-0.2, 0) is 15.8 Å². The third kappa shape index (κ3) is 7.21. The van der Waals surface area contributed by atoms with Crippen molar-refractivity contribution in [2.75, 3.05) is 17.2 Å². The van der Waals surface area contributed by atoms with Crippen molar-refractivity contribution in [1.29, 1.82) is 5.26 Å². The molecule has 0 aliphatic rings. The molecule has 0 unspecified atom stereocenters. The minimum Gasteiger partial charge on any atom is -0.484 e. The zero-order chi connectivity index (χ0) is 26.3. The van der Waals surface area contributed by atoms with Crippen LogP contribution in [0.25, 0.3) is 6.08 Å². The predicted molar refractivity (Wildman–Crippen MR) is 130 cm³/mol. The topological polar surface area (TPSA) is 91.2 Å². The van der Waals surface area contributed by atoms with Gasteiger partial charge in [-0.3, -0.25) is 9.59 Å². The molecular formula is C27H22F3N3O3. The van der Waals surface area contributed by atoms with Gasteiger partial charge in [0.25, 0.3) is 11.8 Å². The molecule has 2 amide bonds. The van der Waals surface area contributed by atoms with Gasteiger partial charge in [-0.25, -0.2) is 0 Å². The lowest BCUT2D eigenvalue weighted by Gasteiger charge is -2.10. The summed E-state index contributed by atoms with van der Waals surface area (Å²) in [5.74, 6) is -0.777. The number of nitrogens with zero attached hydrogens (tertiary/aromatic N) is 1. The number of carbonyl (C=O) groups is 2.